The maximum absolute atomic E-state index is 12.9. The van der Waals surface area contributed by atoms with Crippen LogP contribution >= 0.6 is 15.6 Å². The van der Waals surface area contributed by atoms with E-state index in [1.165, 1.54) is 44.6 Å². The van der Waals surface area contributed by atoms with Gasteiger partial charge in [0.05, 0.1) is 13.2 Å². The summed E-state index contributed by atoms with van der Waals surface area (Å²) >= 11 is 0. The molecule has 20 heteroatoms. The van der Waals surface area contributed by atoms with Gasteiger partial charge in [0.15, 0.2) is 12.3 Å². The molecule has 76 heavy (non-hydrogen) atoms. The van der Waals surface area contributed by atoms with Gasteiger partial charge in [-0.15, -0.1) is 0 Å². The van der Waals surface area contributed by atoms with Crippen molar-refractivity contribution in [1.29, 1.82) is 0 Å². The Morgan fingerprint density at radius 1 is 0.632 bits per heavy atom. The zero-order valence-electron chi connectivity index (χ0n) is 44.5. The maximum Gasteiger partial charge on any atom is 0.481 e. The molecule has 424 valence electrons. The molecule has 0 aromatic carbocycles. The Bertz CT molecular complexity index is 2250. The van der Waals surface area contributed by atoms with Crippen molar-refractivity contribution in [3.8, 4) is 0 Å². The minimum absolute atomic E-state index is 0.0195. The third-order valence-corrected chi connectivity index (χ3v) is 13.6. The van der Waals surface area contributed by atoms with Crippen molar-refractivity contribution < 1.29 is 66.3 Å². The lowest BCUT2D eigenvalue weighted by molar-refractivity contribution is -0.161. The first-order chi connectivity index (χ1) is 36.7. The molecule has 18 nitrogen and oxygen atoms in total. The summed E-state index contributed by atoms with van der Waals surface area (Å²) in [6, 6.07) is 1.24. The molecule has 1 aromatic rings. The van der Waals surface area contributed by atoms with Crippen molar-refractivity contribution in [2.75, 3.05) is 25.6 Å². The van der Waals surface area contributed by atoms with Gasteiger partial charge in [-0.2, -0.15) is 9.29 Å². The number of allylic oxidation sites excluding steroid dienone is 20. The molecule has 1 aliphatic rings. The number of unbranched alkanes of at least 4 members (excludes halogenated alkanes) is 6. The number of carbonyl (C=O) groups excluding carboxylic acids is 2. The highest BCUT2D eigenvalue weighted by Crippen LogP contribution is 2.60. The van der Waals surface area contributed by atoms with E-state index < -0.39 is 83.7 Å². The van der Waals surface area contributed by atoms with Gasteiger partial charge in [0, 0.05) is 19.0 Å². The number of ether oxygens (including phenoxy) is 3. The predicted molar refractivity (Wildman–Crippen MR) is 297 cm³/mol. The Hall–Kier alpha value is -4.84. The fourth-order valence-corrected chi connectivity index (χ4v) is 9.03. The average molecular weight is 1100 g/mol. The van der Waals surface area contributed by atoms with Crippen LogP contribution in [0.15, 0.2) is 139 Å². The normalized spacial score (nSPS) is 19.7. The van der Waals surface area contributed by atoms with Crippen molar-refractivity contribution in [3.05, 3.63) is 144 Å². The lowest BCUT2D eigenvalue weighted by Crippen LogP contribution is -2.36. The first-order valence-electron chi connectivity index (χ1n) is 26.5. The van der Waals surface area contributed by atoms with E-state index in [0.717, 1.165) is 62.1 Å². The van der Waals surface area contributed by atoms with Gasteiger partial charge in [-0.1, -0.05) is 161 Å². The number of phosphoric acid groups is 2. The van der Waals surface area contributed by atoms with Crippen LogP contribution in [0, 0.1) is 0 Å². The monoisotopic (exact) mass is 1100 g/mol. The molecule has 0 amide bonds. The van der Waals surface area contributed by atoms with Crippen molar-refractivity contribution in [2.45, 2.75) is 173 Å². The van der Waals surface area contributed by atoms with E-state index in [9.17, 15) is 43.5 Å². The molecule has 1 fully saturated rings. The molecule has 0 spiro atoms. The fourth-order valence-electron chi connectivity index (χ4n) is 6.92. The number of nitrogens with two attached hydrogens (primary N) is 1. The molecular weight excluding hydrogens is 1020 g/mol. The van der Waals surface area contributed by atoms with E-state index >= 15 is 0 Å². The molecular formula is C56H85N3O15P2. The third-order valence-electron chi connectivity index (χ3n) is 11.0. The van der Waals surface area contributed by atoms with Crippen LogP contribution in [0.5, 0.6) is 0 Å². The van der Waals surface area contributed by atoms with Gasteiger partial charge in [-0.05, 0) is 96.0 Å². The van der Waals surface area contributed by atoms with Gasteiger partial charge >= 0.3 is 33.3 Å². The molecule has 0 bridgehead atoms. The van der Waals surface area contributed by atoms with E-state index in [1.54, 1.807) is 6.08 Å². The van der Waals surface area contributed by atoms with Crippen LogP contribution in [0.2, 0.25) is 0 Å². The zero-order valence-corrected chi connectivity index (χ0v) is 46.3. The standard InChI is InChI=1S/C56H85N3O15P2/c1-3-5-7-9-11-13-15-17-19-21-23-25-27-29-31-33-35-37-39-41-51(60)69-45-48(72-52(61)42-40-38-36-34-32-30-28-26-24-22-20-18-16-14-12-10-8-6-4-2)46-70-75(65,66)74-76(67,68)71-47-49-53(62)54(63)55(73-49)59-44-43-50(57)58-56(59)64/h11-14,17-20,23-26,29-32,35-38,43-44,48-49,53-55,62-63H,3-10,15-16,21-22,27-28,33-34,39-42,45-47H2,1-2H3,(H,65,66)(H,67,68)(H2,57,58,64)/b13-11-,14-12-,19-17-,20-18-,25-23-,26-24-,31-29-,32-30-,37-35-,38-36-/t48-,49-,53+,54?,55-/m1/s1. The van der Waals surface area contributed by atoms with E-state index in [-0.39, 0.29) is 18.7 Å². The number of esters is 2. The van der Waals surface area contributed by atoms with Gasteiger partial charge in [-0.25, -0.2) is 13.9 Å². The smallest absolute Gasteiger partial charge is 0.462 e. The van der Waals surface area contributed by atoms with Crippen LogP contribution < -0.4 is 11.4 Å². The molecule has 0 aliphatic carbocycles. The van der Waals surface area contributed by atoms with Crippen LogP contribution in [0.25, 0.3) is 0 Å². The molecule has 6 N–H and O–H groups in total. The summed E-state index contributed by atoms with van der Waals surface area (Å²) < 4.78 is 56.6. The largest absolute Gasteiger partial charge is 0.481 e. The number of nitrogen functional groups attached to an aromatic ring is 1. The van der Waals surface area contributed by atoms with E-state index in [1.807, 2.05) is 36.5 Å². The summed E-state index contributed by atoms with van der Waals surface area (Å²) in [6.45, 7) is 1.95. The Morgan fingerprint density at radius 2 is 1.05 bits per heavy atom. The fraction of sp³-hybridized carbons (Fsp3) is 0.536. The number of hydrogen-bond acceptors (Lipinski definition) is 15. The second-order valence-corrected chi connectivity index (χ2v) is 20.7. The first-order valence-corrected chi connectivity index (χ1v) is 29.5. The van der Waals surface area contributed by atoms with Crippen LogP contribution in [0.1, 0.15) is 148 Å². The van der Waals surface area contributed by atoms with E-state index in [2.05, 4.69) is 102 Å². The molecule has 1 aromatic heterocycles. The second-order valence-electron chi connectivity index (χ2n) is 17.7. The number of rotatable bonds is 42. The third kappa shape index (κ3) is 34.0. The summed E-state index contributed by atoms with van der Waals surface area (Å²) in [6.07, 6.45) is 51.6. The Morgan fingerprint density at radius 3 is 1.50 bits per heavy atom. The van der Waals surface area contributed by atoms with Crippen LogP contribution in [0.3, 0.4) is 0 Å². The van der Waals surface area contributed by atoms with Crippen LogP contribution in [0.4, 0.5) is 5.82 Å². The number of aliphatic hydroxyl groups excluding tert-OH is 2. The van der Waals surface area contributed by atoms with E-state index in [0.29, 0.717) is 25.7 Å². The van der Waals surface area contributed by atoms with Gasteiger partial charge in [0.1, 0.15) is 30.7 Å². The second kappa shape index (κ2) is 42.2. The van der Waals surface area contributed by atoms with Crippen molar-refractivity contribution in [3.63, 3.8) is 0 Å². The highest BCUT2D eigenvalue weighted by atomic mass is 31.3. The highest BCUT2D eigenvalue weighted by molar-refractivity contribution is 7.61. The van der Waals surface area contributed by atoms with Gasteiger partial charge in [0.25, 0.3) is 0 Å². The average Bonchev–Trinajstić information content (AvgIpc) is 3.66. The van der Waals surface area contributed by atoms with Gasteiger partial charge in [-0.3, -0.25) is 23.2 Å². The molecule has 0 saturated carbocycles. The van der Waals surface area contributed by atoms with Crippen molar-refractivity contribution >= 4 is 33.4 Å². The molecule has 1 saturated heterocycles. The molecule has 2 heterocycles. The topological polar surface area (TPSA) is 265 Å². The highest BCUT2D eigenvalue weighted by Gasteiger charge is 2.46. The summed E-state index contributed by atoms with van der Waals surface area (Å²) in [5.74, 6) is -1.51. The number of carbonyl (C=O) groups is 2. The maximum atomic E-state index is 12.9. The Balaban J connectivity index is 1.86. The Labute approximate surface area is 450 Å². The molecule has 2 rings (SSSR count). The number of hydrogen-bond donors (Lipinski definition) is 5. The summed E-state index contributed by atoms with van der Waals surface area (Å²) in [5.41, 5.74) is 4.58. The van der Waals surface area contributed by atoms with Crippen molar-refractivity contribution in [1.82, 2.24) is 9.55 Å². The number of phosphoric ester groups is 2. The predicted octanol–water partition coefficient (Wildman–Crippen LogP) is 11.6. The Kier molecular flexibility index (Phi) is 37.4. The lowest BCUT2D eigenvalue weighted by atomic mass is 10.1. The molecule has 7 atom stereocenters. The lowest BCUT2D eigenvalue weighted by Gasteiger charge is -2.21. The van der Waals surface area contributed by atoms with Crippen molar-refractivity contribution in [2.24, 2.45) is 0 Å². The minimum atomic E-state index is -5.46. The zero-order chi connectivity index (χ0) is 55.5. The minimum Gasteiger partial charge on any atom is -0.462 e. The van der Waals surface area contributed by atoms with Crippen LogP contribution in [-0.2, 0) is 46.3 Å². The molecule has 1 aliphatic heterocycles. The number of aromatic nitrogens is 2. The molecule has 3 unspecified atom stereocenters. The van der Waals surface area contributed by atoms with Gasteiger partial charge < -0.3 is 39.9 Å². The number of nitrogens with zero attached hydrogens (tertiary/aromatic N) is 2. The quantitative estimate of drug-likeness (QED) is 0.0176. The first kappa shape index (κ1) is 67.3. The number of anilines is 1. The summed E-state index contributed by atoms with van der Waals surface area (Å²) in [5, 5.41) is 20.9. The molecule has 0 radical (unpaired) electrons. The SMILES string of the molecule is CCCCC/C=C\C/C=C\C/C=C\C/C=C\C/C=C\CCC(=O)OC[C@H](COP(=O)(O)OP(=O)(O)OC[C@H]1O[C@@H](n2ccc(N)nc2=O)C(O)[C@H]1O)OC(=O)CC/C=C\C/C=C\C/C=C\C/C=C\C/C=C\CCCCC. The summed E-state index contributed by atoms with van der Waals surface area (Å²) in [7, 11) is -10.9. The van der Waals surface area contributed by atoms with Crippen LogP contribution in [-0.4, -0.2) is 85.7 Å². The summed E-state index contributed by atoms with van der Waals surface area (Å²) in [4.78, 5) is 61.9. The van der Waals surface area contributed by atoms with E-state index in [4.69, 9.17) is 29.0 Å². The van der Waals surface area contributed by atoms with Gasteiger partial charge in [0.2, 0.25) is 0 Å². The number of aliphatic hydroxyl groups is 2.